The van der Waals surface area contributed by atoms with E-state index in [1.807, 2.05) is 19.1 Å². The molecule has 6 nitrogen and oxygen atoms in total. The first-order chi connectivity index (χ1) is 14.7. The first-order valence-corrected chi connectivity index (χ1v) is 10.3. The lowest BCUT2D eigenvalue weighted by Crippen LogP contribution is -2.36. The Morgan fingerprint density at radius 3 is 2.71 bits per heavy atom. The van der Waals surface area contributed by atoms with Gasteiger partial charge in [-0.25, -0.2) is 0 Å². The number of ether oxygens (including phenoxy) is 2. The average molecular weight is 422 g/mol. The Balaban J connectivity index is 1.63. The van der Waals surface area contributed by atoms with Gasteiger partial charge in [-0.3, -0.25) is 4.79 Å². The Morgan fingerprint density at radius 2 is 1.97 bits per heavy atom. The lowest BCUT2D eigenvalue weighted by molar-refractivity contribution is 0.0214. The predicted octanol–water partition coefficient (Wildman–Crippen LogP) is 4.69. The minimum Gasteiger partial charge on any atom is -0.508 e. The van der Waals surface area contributed by atoms with Crippen LogP contribution in [0.25, 0.3) is 6.08 Å². The molecule has 0 saturated heterocycles. The third-order valence-electron chi connectivity index (χ3n) is 5.63. The SMILES string of the molecule is CC(C)=CCC[C@]1(C)C=Cc2cc([C@H]3Oc4cc(O)ccc4C(=O)[C@@H]3O)cc(O)c2O1. The van der Waals surface area contributed by atoms with Gasteiger partial charge in [-0.1, -0.05) is 17.7 Å². The summed E-state index contributed by atoms with van der Waals surface area (Å²) in [5.41, 5.74) is 1.98. The highest BCUT2D eigenvalue weighted by molar-refractivity contribution is 6.03. The van der Waals surface area contributed by atoms with Crippen LogP contribution < -0.4 is 9.47 Å². The molecule has 0 spiro atoms. The number of aliphatic hydroxyl groups excluding tert-OH is 1. The number of phenolic OH excluding ortho intramolecular Hbond substituents is 2. The lowest BCUT2D eigenvalue weighted by atomic mass is 9.90. The molecule has 0 aromatic heterocycles. The Hall–Kier alpha value is -3.25. The second-order valence-electron chi connectivity index (χ2n) is 8.55. The molecule has 2 heterocycles. The molecule has 2 aliphatic rings. The van der Waals surface area contributed by atoms with Crippen LogP contribution in [-0.2, 0) is 0 Å². The van der Waals surface area contributed by atoms with Crippen molar-refractivity contribution in [3.8, 4) is 23.0 Å². The number of aromatic hydroxyl groups is 2. The maximum absolute atomic E-state index is 12.6. The highest BCUT2D eigenvalue weighted by Gasteiger charge is 2.38. The van der Waals surface area contributed by atoms with E-state index in [2.05, 4.69) is 19.9 Å². The fraction of sp³-hybridized carbons (Fsp3) is 0.320. The molecule has 3 N–H and O–H groups in total. The van der Waals surface area contributed by atoms with Gasteiger partial charge in [-0.05, 0) is 69.5 Å². The standard InChI is InChI=1S/C25H26O6/c1-14(2)5-4-9-25(3)10-8-15-11-16(12-19(27)23(15)31-25)24-22(29)21(28)18-7-6-17(26)13-20(18)30-24/h5-8,10-13,22,24,26-27,29H,4,9H2,1-3H3/t22-,24+,25+/m0/s1. The molecule has 0 aliphatic carbocycles. The van der Waals surface area contributed by atoms with Gasteiger partial charge in [0.25, 0.3) is 0 Å². The van der Waals surface area contributed by atoms with Crippen molar-refractivity contribution in [1.29, 1.82) is 0 Å². The maximum atomic E-state index is 12.6. The van der Waals surface area contributed by atoms with Crippen LogP contribution in [0.3, 0.4) is 0 Å². The van der Waals surface area contributed by atoms with Crippen molar-refractivity contribution in [3.63, 3.8) is 0 Å². The van der Waals surface area contributed by atoms with E-state index in [0.717, 1.165) is 12.8 Å². The van der Waals surface area contributed by atoms with Gasteiger partial charge in [0, 0.05) is 11.6 Å². The lowest BCUT2D eigenvalue weighted by Gasteiger charge is -2.33. The number of hydrogen-bond acceptors (Lipinski definition) is 6. The molecule has 2 aliphatic heterocycles. The monoisotopic (exact) mass is 422 g/mol. The molecule has 3 atom stereocenters. The van der Waals surface area contributed by atoms with Crippen LogP contribution in [0.1, 0.15) is 61.2 Å². The van der Waals surface area contributed by atoms with E-state index in [1.165, 1.54) is 29.8 Å². The molecular formula is C25H26O6. The van der Waals surface area contributed by atoms with Crippen LogP contribution >= 0.6 is 0 Å². The van der Waals surface area contributed by atoms with E-state index in [9.17, 15) is 20.1 Å². The van der Waals surface area contributed by atoms with Gasteiger partial charge in [-0.2, -0.15) is 0 Å². The molecule has 31 heavy (non-hydrogen) atoms. The third kappa shape index (κ3) is 4.03. The molecule has 0 saturated carbocycles. The summed E-state index contributed by atoms with van der Waals surface area (Å²) in [7, 11) is 0. The van der Waals surface area contributed by atoms with E-state index in [-0.39, 0.29) is 22.8 Å². The Kier molecular flexibility index (Phi) is 5.27. The summed E-state index contributed by atoms with van der Waals surface area (Å²) in [6, 6.07) is 7.31. The van der Waals surface area contributed by atoms with Crippen molar-refractivity contribution < 1.29 is 29.6 Å². The number of Topliss-reactive ketones (excluding diaryl/α,β-unsaturated/α-hetero) is 1. The number of fused-ring (bicyclic) bond motifs is 2. The number of aliphatic hydroxyl groups is 1. The summed E-state index contributed by atoms with van der Waals surface area (Å²) < 4.78 is 12.0. The van der Waals surface area contributed by atoms with Crippen LogP contribution in [-0.4, -0.2) is 32.8 Å². The number of phenols is 2. The molecule has 2 aromatic carbocycles. The smallest absolute Gasteiger partial charge is 0.199 e. The molecule has 2 aromatic rings. The van der Waals surface area contributed by atoms with Crippen molar-refractivity contribution in [2.75, 3.05) is 0 Å². The number of benzene rings is 2. The Bertz CT molecular complexity index is 1100. The van der Waals surface area contributed by atoms with Gasteiger partial charge in [0.05, 0.1) is 5.56 Å². The normalized spacial score (nSPS) is 23.9. The van der Waals surface area contributed by atoms with Crippen molar-refractivity contribution in [2.45, 2.75) is 51.4 Å². The van der Waals surface area contributed by atoms with Crippen molar-refractivity contribution in [3.05, 3.63) is 64.7 Å². The van der Waals surface area contributed by atoms with Gasteiger partial charge >= 0.3 is 0 Å². The first-order valence-electron chi connectivity index (χ1n) is 10.3. The minimum absolute atomic E-state index is 0.0429. The minimum atomic E-state index is -1.43. The summed E-state index contributed by atoms with van der Waals surface area (Å²) in [5, 5.41) is 30.9. The number of carbonyl (C=O) groups excluding carboxylic acids is 1. The Labute approximate surface area is 181 Å². The molecule has 0 unspecified atom stereocenters. The summed E-state index contributed by atoms with van der Waals surface area (Å²) in [4.78, 5) is 12.6. The molecule has 4 rings (SSSR count). The zero-order valence-corrected chi connectivity index (χ0v) is 17.8. The van der Waals surface area contributed by atoms with Crippen LogP contribution in [0.4, 0.5) is 0 Å². The molecule has 162 valence electrons. The third-order valence-corrected chi connectivity index (χ3v) is 5.63. The molecule has 6 heteroatoms. The molecule has 0 radical (unpaired) electrons. The van der Waals surface area contributed by atoms with Crippen molar-refractivity contribution >= 4 is 11.9 Å². The largest absolute Gasteiger partial charge is 0.508 e. The van der Waals surface area contributed by atoms with E-state index in [1.54, 1.807) is 6.07 Å². The topological polar surface area (TPSA) is 96.2 Å². The molecule has 0 amide bonds. The zero-order chi connectivity index (χ0) is 22.3. The van der Waals surface area contributed by atoms with E-state index < -0.39 is 23.6 Å². The summed E-state index contributed by atoms with van der Waals surface area (Å²) in [6.45, 7) is 6.07. The number of hydrogen-bond donors (Lipinski definition) is 3. The van der Waals surface area contributed by atoms with Gasteiger partial charge < -0.3 is 24.8 Å². The zero-order valence-electron chi connectivity index (χ0n) is 17.8. The first kappa shape index (κ1) is 21.0. The maximum Gasteiger partial charge on any atom is 0.199 e. The van der Waals surface area contributed by atoms with Crippen LogP contribution in [0.5, 0.6) is 23.0 Å². The highest BCUT2D eigenvalue weighted by atomic mass is 16.5. The fourth-order valence-corrected chi connectivity index (χ4v) is 3.93. The molecule has 0 bridgehead atoms. The van der Waals surface area contributed by atoms with Crippen LogP contribution in [0.15, 0.2) is 48.1 Å². The van der Waals surface area contributed by atoms with Crippen LogP contribution in [0.2, 0.25) is 0 Å². The second-order valence-corrected chi connectivity index (χ2v) is 8.55. The van der Waals surface area contributed by atoms with Gasteiger partial charge in [0.2, 0.25) is 0 Å². The van der Waals surface area contributed by atoms with Crippen molar-refractivity contribution in [2.24, 2.45) is 0 Å². The van der Waals surface area contributed by atoms with E-state index in [0.29, 0.717) is 16.9 Å². The summed E-state index contributed by atoms with van der Waals surface area (Å²) in [5.74, 6) is -0.0761. The second kappa shape index (κ2) is 7.78. The van der Waals surface area contributed by atoms with Gasteiger partial charge in [0.1, 0.15) is 17.1 Å². The quantitative estimate of drug-likeness (QED) is 0.619. The Morgan fingerprint density at radius 1 is 1.19 bits per heavy atom. The summed E-state index contributed by atoms with van der Waals surface area (Å²) >= 11 is 0. The highest BCUT2D eigenvalue weighted by Crippen LogP contribution is 2.44. The van der Waals surface area contributed by atoms with E-state index in [4.69, 9.17) is 9.47 Å². The predicted molar refractivity (Wildman–Crippen MR) is 117 cm³/mol. The van der Waals surface area contributed by atoms with Crippen molar-refractivity contribution in [1.82, 2.24) is 0 Å². The number of ketones is 1. The van der Waals surface area contributed by atoms with E-state index >= 15 is 0 Å². The van der Waals surface area contributed by atoms with Crippen LogP contribution in [0, 0.1) is 0 Å². The average Bonchev–Trinajstić information content (AvgIpc) is 2.70. The summed E-state index contributed by atoms with van der Waals surface area (Å²) in [6.07, 6.45) is 5.14. The molecular weight excluding hydrogens is 396 g/mol. The molecule has 0 fully saturated rings. The number of carbonyl (C=O) groups is 1. The number of allylic oxidation sites excluding steroid dienone is 2. The van der Waals surface area contributed by atoms with Gasteiger partial charge in [0.15, 0.2) is 29.5 Å². The number of rotatable bonds is 4. The van der Waals surface area contributed by atoms with Gasteiger partial charge in [-0.15, -0.1) is 0 Å². The fourth-order valence-electron chi connectivity index (χ4n) is 3.93.